The summed E-state index contributed by atoms with van der Waals surface area (Å²) in [6.45, 7) is 0. The highest BCUT2D eigenvalue weighted by molar-refractivity contribution is 5.20. The fraction of sp³-hybridized carbons (Fsp3) is 0.333. The monoisotopic (exact) mass is 225 g/mol. The van der Waals surface area contributed by atoms with Crippen LogP contribution in [0.25, 0.3) is 0 Å². The van der Waals surface area contributed by atoms with Crippen LogP contribution in [0.4, 0.5) is 22.0 Å². The standard InChI is InChI=1S/C9H6F5O/c10-8(11,12)6-9(13,14)15-7-4-2-1-3-5-7/h2-5H,6H2. The number of hydrogen-bond acceptors (Lipinski definition) is 1. The van der Waals surface area contributed by atoms with Gasteiger partial charge in [-0.3, -0.25) is 0 Å². The number of benzene rings is 1. The molecule has 0 aliphatic heterocycles. The van der Waals surface area contributed by atoms with Gasteiger partial charge in [0.25, 0.3) is 0 Å². The summed E-state index contributed by atoms with van der Waals surface area (Å²) in [4.78, 5) is 0. The highest BCUT2D eigenvalue weighted by atomic mass is 19.4. The molecular formula is C9H6F5O. The Labute approximate surface area is 82.5 Å². The molecule has 0 saturated heterocycles. The van der Waals surface area contributed by atoms with Crippen LogP contribution in [0.1, 0.15) is 6.42 Å². The molecule has 15 heavy (non-hydrogen) atoms. The van der Waals surface area contributed by atoms with Crippen molar-refractivity contribution in [3.8, 4) is 5.75 Å². The van der Waals surface area contributed by atoms with Crippen molar-refractivity contribution in [1.82, 2.24) is 0 Å². The van der Waals surface area contributed by atoms with E-state index in [1.807, 2.05) is 0 Å². The van der Waals surface area contributed by atoms with E-state index in [1.165, 1.54) is 12.1 Å². The lowest BCUT2D eigenvalue weighted by Crippen LogP contribution is -2.31. The molecule has 0 aliphatic carbocycles. The molecule has 0 amide bonds. The summed E-state index contributed by atoms with van der Waals surface area (Å²) in [5.41, 5.74) is 0. The van der Waals surface area contributed by atoms with Crippen LogP contribution < -0.4 is 4.74 Å². The first-order chi connectivity index (χ1) is 6.79. The topological polar surface area (TPSA) is 9.23 Å². The van der Waals surface area contributed by atoms with Crippen LogP contribution in [0.5, 0.6) is 5.75 Å². The van der Waals surface area contributed by atoms with Crippen LogP contribution in [0.15, 0.2) is 24.3 Å². The third-order valence-corrected chi connectivity index (χ3v) is 1.36. The Hall–Kier alpha value is -1.33. The van der Waals surface area contributed by atoms with Crippen LogP contribution in [0.3, 0.4) is 0 Å². The molecule has 0 N–H and O–H groups in total. The lowest BCUT2D eigenvalue weighted by molar-refractivity contribution is -0.255. The van der Waals surface area contributed by atoms with Crippen LogP contribution in [0, 0.1) is 6.07 Å². The summed E-state index contributed by atoms with van der Waals surface area (Å²) >= 11 is 0. The summed E-state index contributed by atoms with van der Waals surface area (Å²) in [6.07, 6.45) is -11.5. The van der Waals surface area contributed by atoms with Gasteiger partial charge in [0.1, 0.15) is 12.2 Å². The normalized spacial score (nSPS) is 12.6. The highest BCUT2D eigenvalue weighted by Crippen LogP contribution is 2.33. The highest BCUT2D eigenvalue weighted by Gasteiger charge is 2.45. The first-order valence-corrected chi connectivity index (χ1v) is 3.88. The molecule has 0 atom stereocenters. The Morgan fingerprint density at radius 2 is 1.60 bits per heavy atom. The summed E-state index contributed by atoms with van der Waals surface area (Å²) in [5.74, 6) is -0.331. The van der Waals surface area contributed by atoms with E-state index in [0.29, 0.717) is 0 Å². The SMILES string of the molecule is FC(F)(F)CC(F)(F)Oc1cc[c]cc1. The van der Waals surface area contributed by atoms with Crippen LogP contribution in [-0.2, 0) is 0 Å². The van der Waals surface area contributed by atoms with Gasteiger partial charge in [0, 0.05) is 0 Å². The molecule has 1 aromatic rings. The van der Waals surface area contributed by atoms with Crippen LogP contribution in [0.2, 0.25) is 0 Å². The van der Waals surface area contributed by atoms with Gasteiger partial charge in [-0.25, -0.2) is 0 Å². The van der Waals surface area contributed by atoms with Crippen molar-refractivity contribution in [3.05, 3.63) is 30.3 Å². The Morgan fingerprint density at radius 3 is 2.07 bits per heavy atom. The minimum atomic E-state index is -4.97. The number of rotatable bonds is 3. The number of alkyl halides is 5. The molecule has 0 unspecified atom stereocenters. The molecular weight excluding hydrogens is 219 g/mol. The fourth-order valence-corrected chi connectivity index (χ4v) is 0.882. The van der Waals surface area contributed by atoms with E-state index in [-0.39, 0.29) is 5.75 Å². The average molecular weight is 225 g/mol. The van der Waals surface area contributed by atoms with Crippen molar-refractivity contribution in [2.24, 2.45) is 0 Å². The Balaban J connectivity index is 2.65. The second kappa shape index (κ2) is 4.04. The summed E-state index contributed by atoms with van der Waals surface area (Å²) in [6, 6.07) is 7.25. The van der Waals surface area contributed by atoms with Crippen molar-refractivity contribution in [3.63, 3.8) is 0 Å². The van der Waals surface area contributed by atoms with Gasteiger partial charge in [-0.05, 0) is 18.2 Å². The van der Waals surface area contributed by atoms with Gasteiger partial charge in [0.15, 0.2) is 0 Å². The quantitative estimate of drug-likeness (QED) is 0.716. The van der Waals surface area contributed by atoms with E-state index < -0.39 is 18.7 Å². The molecule has 0 aliphatic rings. The van der Waals surface area contributed by atoms with E-state index >= 15 is 0 Å². The Kier molecular flexibility index (Phi) is 3.16. The van der Waals surface area contributed by atoms with Crippen molar-refractivity contribution in [2.45, 2.75) is 18.7 Å². The van der Waals surface area contributed by atoms with Gasteiger partial charge < -0.3 is 4.74 Å². The smallest absolute Gasteiger partial charge is 0.406 e. The molecule has 1 nitrogen and oxygen atoms in total. The first kappa shape index (κ1) is 11.7. The molecule has 0 aromatic heterocycles. The fourth-order valence-electron chi connectivity index (χ4n) is 0.882. The van der Waals surface area contributed by atoms with Gasteiger partial charge >= 0.3 is 12.3 Å². The molecule has 0 fully saturated rings. The van der Waals surface area contributed by atoms with Gasteiger partial charge in [-0.15, -0.1) is 0 Å². The Morgan fingerprint density at radius 1 is 1.07 bits per heavy atom. The molecule has 6 heteroatoms. The van der Waals surface area contributed by atoms with Crippen molar-refractivity contribution < 1.29 is 26.7 Å². The molecule has 1 rings (SSSR count). The van der Waals surface area contributed by atoms with Gasteiger partial charge in [-0.2, -0.15) is 22.0 Å². The van der Waals surface area contributed by atoms with Crippen molar-refractivity contribution in [2.75, 3.05) is 0 Å². The van der Waals surface area contributed by atoms with E-state index in [9.17, 15) is 22.0 Å². The zero-order valence-electron chi connectivity index (χ0n) is 7.31. The minimum Gasteiger partial charge on any atom is -0.432 e. The van der Waals surface area contributed by atoms with E-state index in [2.05, 4.69) is 10.8 Å². The lowest BCUT2D eigenvalue weighted by atomic mass is 10.3. The van der Waals surface area contributed by atoms with Gasteiger partial charge in [0.2, 0.25) is 0 Å². The first-order valence-electron chi connectivity index (χ1n) is 3.88. The van der Waals surface area contributed by atoms with Crippen molar-refractivity contribution in [1.29, 1.82) is 0 Å². The summed E-state index contributed by atoms with van der Waals surface area (Å²) in [7, 11) is 0. The number of halogens is 5. The van der Waals surface area contributed by atoms with Crippen LogP contribution in [-0.4, -0.2) is 12.3 Å². The van der Waals surface area contributed by atoms with E-state index in [4.69, 9.17) is 0 Å². The molecule has 1 radical (unpaired) electrons. The third-order valence-electron chi connectivity index (χ3n) is 1.36. The predicted molar refractivity (Wildman–Crippen MR) is 41.5 cm³/mol. The molecule has 0 heterocycles. The largest absolute Gasteiger partial charge is 0.432 e. The van der Waals surface area contributed by atoms with Gasteiger partial charge in [-0.1, -0.05) is 12.1 Å². The molecule has 0 bridgehead atoms. The molecule has 83 valence electrons. The Bertz CT molecular complexity index is 306. The predicted octanol–water partition coefficient (Wildman–Crippen LogP) is 3.41. The second-order valence-corrected chi connectivity index (χ2v) is 2.77. The average Bonchev–Trinajstić information content (AvgIpc) is 1.99. The minimum absolute atomic E-state index is 0.331. The molecule has 0 spiro atoms. The number of hydrogen-bond donors (Lipinski definition) is 0. The maximum absolute atomic E-state index is 12.7. The van der Waals surface area contributed by atoms with E-state index in [1.54, 1.807) is 0 Å². The molecule has 1 aromatic carbocycles. The third kappa shape index (κ3) is 4.62. The maximum atomic E-state index is 12.7. The maximum Gasteiger partial charge on any atom is 0.406 e. The summed E-state index contributed by atoms with van der Waals surface area (Å²) < 4.78 is 64.3. The zero-order valence-corrected chi connectivity index (χ0v) is 7.31. The summed E-state index contributed by atoms with van der Waals surface area (Å²) in [5, 5.41) is 0. The zero-order chi connectivity index (χ0) is 11.5. The van der Waals surface area contributed by atoms with Gasteiger partial charge in [0.05, 0.1) is 0 Å². The second-order valence-electron chi connectivity index (χ2n) is 2.77. The lowest BCUT2D eigenvalue weighted by Gasteiger charge is -2.19. The van der Waals surface area contributed by atoms with E-state index in [0.717, 1.165) is 12.1 Å². The van der Waals surface area contributed by atoms with Crippen LogP contribution >= 0.6 is 0 Å². The van der Waals surface area contributed by atoms with Crippen molar-refractivity contribution >= 4 is 0 Å². The number of ether oxygens (including phenoxy) is 1. The molecule has 0 saturated carbocycles.